The van der Waals surface area contributed by atoms with Crippen molar-refractivity contribution in [1.82, 2.24) is 9.55 Å². The van der Waals surface area contributed by atoms with Crippen LogP contribution < -0.4 is 0 Å². The molecule has 0 unspecified atom stereocenters. The molecule has 0 atom stereocenters. The molecule has 1 aromatic carbocycles. The maximum atomic E-state index is 13.1. The molecule has 0 saturated heterocycles. The molecule has 1 heterocycles. The minimum Gasteiger partial charge on any atom is -0.285 e. The molecule has 0 spiro atoms. The van der Waals surface area contributed by atoms with Crippen LogP contribution in [-0.2, 0) is 6.18 Å². The van der Waals surface area contributed by atoms with Crippen LogP contribution in [0.3, 0.4) is 0 Å². The summed E-state index contributed by atoms with van der Waals surface area (Å²) in [5.74, 6) is 0.506. The monoisotopic (exact) mass is 345 g/mol. The smallest absolute Gasteiger partial charge is 0.285 e. The second kappa shape index (κ2) is 7.02. The normalized spacial score (nSPS) is 12.5. The van der Waals surface area contributed by atoms with Gasteiger partial charge in [-0.1, -0.05) is 29.4 Å². The largest absolute Gasteiger partial charge is 0.418 e. The van der Waals surface area contributed by atoms with Crippen molar-refractivity contribution in [3.05, 3.63) is 60.2 Å². The Bertz CT molecular complexity index is 681. The van der Waals surface area contributed by atoms with E-state index in [-0.39, 0.29) is 10.7 Å². The van der Waals surface area contributed by atoms with Gasteiger partial charge in [0.15, 0.2) is 5.17 Å². The molecule has 0 radical (unpaired) electrons. The Morgan fingerprint density at radius 2 is 2.23 bits per heavy atom. The number of imidazole rings is 1. The van der Waals surface area contributed by atoms with Crippen LogP contribution in [0.2, 0.25) is 5.02 Å². The van der Waals surface area contributed by atoms with Gasteiger partial charge in [0, 0.05) is 23.2 Å². The fourth-order valence-electron chi connectivity index (χ4n) is 1.61. The van der Waals surface area contributed by atoms with Crippen molar-refractivity contribution in [2.45, 2.75) is 6.18 Å². The summed E-state index contributed by atoms with van der Waals surface area (Å²) in [6, 6.07) is 3.49. The molecule has 2 rings (SSSR count). The van der Waals surface area contributed by atoms with Crippen molar-refractivity contribution in [1.29, 1.82) is 0 Å². The minimum absolute atomic E-state index is 0.00852. The van der Waals surface area contributed by atoms with Crippen molar-refractivity contribution >= 4 is 34.2 Å². The Balaban J connectivity index is 2.50. The molecule has 22 heavy (non-hydrogen) atoms. The molecule has 8 heteroatoms. The van der Waals surface area contributed by atoms with Crippen LogP contribution in [0.4, 0.5) is 18.9 Å². The summed E-state index contributed by atoms with van der Waals surface area (Å²) in [5, 5.41) is 0.374. The molecule has 0 bridgehead atoms. The van der Waals surface area contributed by atoms with Crippen LogP contribution in [-0.4, -0.2) is 20.5 Å². The highest BCUT2D eigenvalue weighted by atomic mass is 35.5. The van der Waals surface area contributed by atoms with Crippen LogP contribution >= 0.6 is 23.4 Å². The van der Waals surface area contributed by atoms with Gasteiger partial charge in [0.05, 0.1) is 11.3 Å². The molecule has 116 valence electrons. The van der Waals surface area contributed by atoms with E-state index >= 15 is 0 Å². The van der Waals surface area contributed by atoms with Gasteiger partial charge in [-0.3, -0.25) is 4.57 Å². The average molecular weight is 346 g/mol. The number of hydrogen-bond donors (Lipinski definition) is 0. The van der Waals surface area contributed by atoms with Crippen molar-refractivity contribution in [3.8, 4) is 0 Å². The first kappa shape index (κ1) is 16.6. The van der Waals surface area contributed by atoms with Gasteiger partial charge in [-0.25, -0.2) is 9.98 Å². The van der Waals surface area contributed by atoms with E-state index in [9.17, 15) is 13.2 Å². The summed E-state index contributed by atoms with van der Waals surface area (Å²) in [6.45, 7) is 3.59. The molecule has 0 saturated carbocycles. The van der Waals surface area contributed by atoms with Crippen molar-refractivity contribution < 1.29 is 13.2 Å². The van der Waals surface area contributed by atoms with Gasteiger partial charge in [-0.05, 0) is 18.2 Å². The van der Waals surface area contributed by atoms with Crippen molar-refractivity contribution in [2.24, 2.45) is 4.99 Å². The number of thioether (sulfide) groups is 1. The maximum Gasteiger partial charge on any atom is 0.418 e. The second-order valence-corrected chi connectivity index (χ2v) is 5.55. The van der Waals surface area contributed by atoms with Crippen molar-refractivity contribution in [3.63, 3.8) is 0 Å². The number of aromatic nitrogens is 2. The number of rotatable bonds is 3. The van der Waals surface area contributed by atoms with Gasteiger partial charge in [-0.2, -0.15) is 13.2 Å². The summed E-state index contributed by atoms with van der Waals surface area (Å²) in [5.41, 5.74) is -1.08. The number of alkyl halides is 3. The van der Waals surface area contributed by atoms with Crippen LogP contribution in [0.5, 0.6) is 0 Å². The zero-order valence-corrected chi connectivity index (χ0v) is 12.8. The highest BCUT2D eigenvalue weighted by molar-refractivity contribution is 8.14. The second-order valence-electron chi connectivity index (χ2n) is 4.12. The van der Waals surface area contributed by atoms with E-state index in [0.717, 1.165) is 6.07 Å². The molecule has 3 nitrogen and oxygen atoms in total. The highest BCUT2D eigenvalue weighted by Gasteiger charge is 2.34. The molecule has 0 aliphatic heterocycles. The first-order valence-electron chi connectivity index (χ1n) is 6.09. The zero-order chi connectivity index (χ0) is 16.2. The number of nitrogens with zero attached hydrogens (tertiary/aromatic N) is 3. The lowest BCUT2D eigenvalue weighted by Gasteiger charge is -2.12. The highest BCUT2D eigenvalue weighted by Crippen LogP contribution is 2.38. The average Bonchev–Trinajstić information content (AvgIpc) is 2.98. The standard InChI is InChI=1S/C14H11ClF3N3S/c1-2-7-22-13(21-6-5-19-9-21)20-12-4-3-10(15)8-11(12)14(16,17)18/h2-6,8-9H,1,7H2. The first-order valence-corrected chi connectivity index (χ1v) is 7.45. The molecule has 1 aromatic heterocycles. The third kappa shape index (κ3) is 4.14. The van der Waals surface area contributed by atoms with E-state index < -0.39 is 11.7 Å². The Labute approximate surface area is 134 Å². The van der Waals surface area contributed by atoms with E-state index in [0.29, 0.717) is 10.9 Å². The number of benzene rings is 1. The van der Waals surface area contributed by atoms with Crippen molar-refractivity contribution in [2.75, 3.05) is 5.75 Å². The third-order valence-electron chi connectivity index (χ3n) is 2.54. The fourth-order valence-corrected chi connectivity index (χ4v) is 2.47. The Morgan fingerprint density at radius 3 is 2.82 bits per heavy atom. The van der Waals surface area contributed by atoms with Crippen LogP contribution in [0.1, 0.15) is 5.56 Å². The van der Waals surface area contributed by atoms with E-state index in [4.69, 9.17) is 11.6 Å². The summed E-state index contributed by atoms with van der Waals surface area (Å²) >= 11 is 6.91. The first-order chi connectivity index (χ1) is 10.4. The van der Waals surface area contributed by atoms with E-state index in [2.05, 4.69) is 16.6 Å². The van der Waals surface area contributed by atoms with Crippen LogP contribution in [0.25, 0.3) is 0 Å². The SMILES string of the molecule is C=CCSC(=Nc1ccc(Cl)cc1C(F)(F)F)n1ccnc1. The lowest BCUT2D eigenvalue weighted by molar-refractivity contribution is -0.137. The maximum absolute atomic E-state index is 13.1. The van der Waals surface area contributed by atoms with Crippen LogP contribution in [0, 0.1) is 0 Å². The predicted octanol–water partition coefficient (Wildman–Crippen LogP) is 5.01. The predicted molar refractivity (Wildman–Crippen MR) is 83.8 cm³/mol. The van der Waals surface area contributed by atoms with E-state index in [1.165, 1.54) is 36.4 Å². The number of halogens is 4. The quantitative estimate of drug-likeness (QED) is 0.444. The molecular formula is C14H11ClF3N3S. The third-order valence-corrected chi connectivity index (χ3v) is 3.73. The zero-order valence-electron chi connectivity index (χ0n) is 11.2. The van der Waals surface area contributed by atoms with Crippen LogP contribution in [0.15, 0.2) is 54.6 Å². The summed E-state index contributed by atoms with van der Waals surface area (Å²) in [4.78, 5) is 8.00. The van der Waals surface area contributed by atoms with Gasteiger partial charge < -0.3 is 0 Å². The lowest BCUT2D eigenvalue weighted by atomic mass is 10.2. The summed E-state index contributed by atoms with van der Waals surface area (Å²) in [7, 11) is 0. The molecule has 0 aliphatic carbocycles. The van der Waals surface area contributed by atoms with E-state index in [1.807, 2.05) is 0 Å². The molecule has 0 aliphatic rings. The molecule has 0 amide bonds. The van der Waals surface area contributed by atoms with Gasteiger partial charge in [-0.15, -0.1) is 6.58 Å². The molecule has 0 N–H and O–H groups in total. The summed E-state index contributed by atoms with van der Waals surface area (Å²) < 4.78 is 40.9. The van der Waals surface area contributed by atoms with Gasteiger partial charge in [0.25, 0.3) is 0 Å². The number of aliphatic imine (C=N–C) groups is 1. The Kier molecular flexibility index (Phi) is 5.31. The molecular weight excluding hydrogens is 335 g/mol. The number of hydrogen-bond acceptors (Lipinski definition) is 3. The lowest BCUT2D eigenvalue weighted by Crippen LogP contribution is -2.08. The Morgan fingerprint density at radius 1 is 1.45 bits per heavy atom. The van der Waals surface area contributed by atoms with Gasteiger partial charge in [0.1, 0.15) is 6.33 Å². The summed E-state index contributed by atoms with van der Waals surface area (Å²) in [6.07, 6.45) is 1.71. The minimum atomic E-state index is -4.53. The van der Waals surface area contributed by atoms with Gasteiger partial charge >= 0.3 is 6.18 Å². The molecule has 2 aromatic rings. The topological polar surface area (TPSA) is 30.2 Å². The fraction of sp³-hybridized carbons (Fsp3) is 0.143. The molecule has 0 fully saturated rings. The van der Waals surface area contributed by atoms with E-state index in [1.54, 1.807) is 16.8 Å². The van der Waals surface area contributed by atoms with Gasteiger partial charge in [0.2, 0.25) is 0 Å². The Hall–Kier alpha value is -1.73.